The fourth-order valence-corrected chi connectivity index (χ4v) is 3.14. The zero-order valence-corrected chi connectivity index (χ0v) is 13.5. The first kappa shape index (κ1) is 15.1. The summed E-state index contributed by atoms with van der Waals surface area (Å²) in [6, 6.07) is 10.8. The summed E-state index contributed by atoms with van der Waals surface area (Å²) in [5.74, 6) is 1.08. The van der Waals surface area contributed by atoms with Crippen LogP contribution in [0.15, 0.2) is 39.6 Å². The summed E-state index contributed by atoms with van der Waals surface area (Å²) in [5.41, 5.74) is 2.67. The van der Waals surface area contributed by atoms with Gasteiger partial charge in [-0.15, -0.1) is 0 Å². The van der Waals surface area contributed by atoms with Crippen molar-refractivity contribution < 1.29 is 4.52 Å². The van der Waals surface area contributed by atoms with Crippen LogP contribution in [0.1, 0.15) is 62.5 Å². The largest absolute Gasteiger partial charge is 0.383 e. The third-order valence-corrected chi connectivity index (χ3v) is 4.53. The van der Waals surface area contributed by atoms with Gasteiger partial charge >= 0.3 is 0 Å². The predicted molar refractivity (Wildman–Crippen MR) is 87.2 cm³/mol. The van der Waals surface area contributed by atoms with Crippen LogP contribution in [0.5, 0.6) is 0 Å². The van der Waals surface area contributed by atoms with E-state index in [-0.39, 0.29) is 11.0 Å². The molecule has 3 rings (SSSR count). The molecule has 0 spiro atoms. The highest BCUT2D eigenvalue weighted by atomic mass is 16.5. The van der Waals surface area contributed by atoms with Gasteiger partial charge in [-0.1, -0.05) is 45.0 Å². The lowest BCUT2D eigenvalue weighted by molar-refractivity contribution is 0.295. The van der Waals surface area contributed by atoms with E-state index in [1.165, 1.54) is 11.1 Å². The van der Waals surface area contributed by atoms with Crippen molar-refractivity contribution in [3.8, 4) is 0 Å². The van der Waals surface area contributed by atoms with Crippen LogP contribution in [0.4, 0.5) is 0 Å². The molecule has 1 fully saturated rings. The third kappa shape index (κ3) is 3.17. The molecule has 0 amide bonds. The minimum Gasteiger partial charge on any atom is -0.383 e. The molecule has 1 aliphatic heterocycles. The molecule has 0 radical (unpaired) electrons. The zero-order valence-electron chi connectivity index (χ0n) is 13.5. The first-order chi connectivity index (χ1) is 10.4. The van der Waals surface area contributed by atoms with Crippen molar-refractivity contribution in [1.29, 1.82) is 0 Å². The fourth-order valence-electron chi connectivity index (χ4n) is 3.14. The summed E-state index contributed by atoms with van der Waals surface area (Å²) in [4.78, 5) is 11.3. The van der Waals surface area contributed by atoms with Crippen LogP contribution in [-0.2, 0) is 5.41 Å². The average molecular weight is 300 g/mol. The second-order valence-corrected chi connectivity index (χ2v) is 7.22. The summed E-state index contributed by atoms with van der Waals surface area (Å²) >= 11 is 0. The fraction of sp³-hybridized carbons (Fsp3) is 0.500. The molecule has 4 nitrogen and oxygen atoms in total. The number of hydrogen-bond acceptors (Lipinski definition) is 3. The molecular formula is C18H24N2O2. The lowest BCUT2D eigenvalue weighted by Crippen LogP contribution is -2.30. The van der Waals surface area contributed by atoms with E-state index in [1.807, 2.05) is 0 Å². The molecule has 1 aromatic heterocycles. The van der Waals surface area contributed by atoms with Gasteiger partial charge in [0.2, 0.25) is 0 Å². The van der Waals surface area contributed by atoms with E-state index < -0.39 is 0 Å². The maximum absolute atomic E-state index is 11.3. The topological polar surface area (TPSA) is 58.0 Å². The molecule has 1 saturated heterocycles. The molecule has 0 saturated carbocycles. The Hall–Kier alpha value is -1.81. The summed E-state index contributed by atoms with van der Waals surface area (Å²) in [7, 11) is 0. The van der Waals surface area contributed by atoms with Gasteiger partial charge in [0.15, 0.2) is 0 Å². The molecule has 0 bridgehead atoms. The van der Waals surface area contributed by atoms with Gasteiger partial charge in [-0.3, -0.25) is 4.79 Å². The number of piperidine rings is 1. The molecule has 4 heteroatoms. The monoisotopic (exact) mass is 300 g/mol. The van der Waals surface area contributed by atoms with E-state index in [0.29, 0.717) is 12.0 Å². The highest BCUT2D eigenvalue weighted by Gasteiger charge is 2.26. The van der Waals surface area contributed by atoms with Crippen LogP contribution < -0.4 is 10.9 Å². The number of rotatable bonds is 2. The van der Waals surface area contributed by atoms with Crippen molar-refractivity contribution in [3.05, 3.63) is 57.6 Å². The van der Waals surface area contributed by atoms with Crippen molar-refractivity contribution in [3.63, 3.8) is 0 Å². The molecule has 0 aliphatic carbocycles. The van der Waals surface area contributed by atoms with E-state index in [2.05, 4.69) is 55.5 Å². The Morgan fingerprint density at radius 2 is 1.91 bits per heavy atom. The van der Waals surface area contributed by atoms with E-state index in [0.717, 1.165) is 25.1 Å². The van der Waals surface area contributed by atoms with Crippen molar-refractivity contribution in [2.75, 3.05) is 6.54 Å². The average Bonchev–Trinajstić information content (AvgIpc) is 2.93. The zero-order chi connectivity index (χ0) is 15.7. The molecule has 1 aliphatic rings. The Morgan fingerprint density at radius 3 is 2.50 bits per heavy atom. The second-order valence-electron chi connectivity index (χ2n) is 7.22. The Labute approximate surface area is 130 Å². The number of H-pyrrole nitrogens is 1. The Kier molecular flexibility index (Phi) is 3.96. The molecule has 1 aromatic carbocycles. The standard InChI is InChI=1S/C18H24N2O2/c1-18(2,3)14-6-4-12(5-7-14)15-10-13(8-9-19-15)16-11-17(21)20-22-16/h4-7,11,13,15,19H,8-10H2,1-3H3,(H,20,21)/t13-,15-/m0/s1. The number of hydrogen-bond donors (Lipinski definition) is 2. The van der Waals surface area contributed by atoms with Crippen molar-refractivity contribution in [2.45, 2.75) is 51.0 Å². The lowest BCUT2D eigenvalue weighted by Gasteiger charge is -2.30. The maximum atomic E-state index is 11.3. The minimum absolute atomic E-state index is 0.153. The van der Waals surface area contributed by atoms with Gasteiger partial charge in [0.05, 0.1) is 0 Å². The minimum atomic E-state index is -0.153. The Balaban J connectivity index is 1.76. The van der Waals surface area contributed by atoms with Gasteiger partial charge < -0.3 is 9.84 Å². The number of benzene rings is 1. The number of nitrogens with one attached hydrogen (secondary N) is 2. The van der Waals surface area contributed by atoms with Crippen LogP contribution in [0.25, 0.3) is 0 Å². The number of aromatic amines is 1. The lowest BCUT2D eigenvalue weighted by atomic mass is 9.84. The Bertz CT molecular complexity index is 676. The molecule has 0 unspecified atom stereocenters. The van der Waals surface area contributed by atoms with Crippen LogP contribution in [-0.4, -0.2) is 11.7 Å². The van der Waals surface area contributed by atoms with Crippen LogP contribution >= 0.6 is 0 Å². The smallest absolute Gasteiger partial charge is 0.280 e. The van der Waals surface area contributed by atoms with Gasteiger partial charge in [-0.2, -0.15) is 5.16 Å². The second kappa shape index (κ2) is 5.76. The summed E-state index contributed by atoms with van der Waals surface area (Å²) < 4.78 is 5.29. The maximum Gasteiger partial charge on any atom is 0.280 e. The molecule has 2 aromatic rings. The molecule has 2 heterocycles. The first-order valence-corrected chi connectivity index (χ1v) is 7.96. The molecule has 2 N–H and O–H groups in total. The van der Waals surface area contributed by atoms with E-state index in [4.69, 9.17) is 4.52 Å². The van der Waals surface area contributed by atoms with Gasteiger partial charge in [-0.05, 0) is 35.9 Å². The molecule has 22 heavy (non-hydrogen) atoms. The van der Waals surface area contributed by atoms with Crippen molar-refractivity contribution >= 4 is 0 Å². The normalized spacial score (nSPS) is 22.7. The SMILES string of the molecule is CC(C)(C)c1ccc([C@@H]2C[C@@H](c3cc(=O)[nH]o3)CCN2)cc1. The first-order valence-electron chi connectivity index (χ1n) is 7.96. The van der Waals surface area contributed by atoms with Gasteiger partial charge in [0.25, 0.3) is 5.56 Å². The van der Waals surface area contributed by atoms with E-state index >= 15 is 0 Å². The van der Waals surface area contributed by atoms with Crippen LogP contribution in [0.3, 0.4) is 0 Å². The van der Waals surface area contributed by atoms with Crippen LogP contribution in [0.2, 0.25) is 0 Å². The Morgan fingerprint density at radius 1 is 1.18 bits per heavy atom. The third-order valence-electron chi connectivity index (χ3n) is 4.53. The highest BCUT2D eigenvalue weighted by molar-refractivity contribution is 5.30. The molecule has 2 atom stereocenters. The predicted octanol–water partition coefficient (Wildman–Crippen LogP) is 3.47. The summed E-state index contributed by atoms with van der Waals surface area (Å²) in [6.07, 6.45) is 1.95. The summed E-state index contributed by atoms with van der Waals surface area (Å²) in [6.45, 7) is 7.62. The number of aromatic nitrogens is 1. The van der Waals surface area contributed by atoms with Crippen molar-refractivity contribution in [1.82, 2.24) is 10.5 Å². The van der Waals surface area contributed by atoms with Gasteiger partial charge in [0, 0.05) is 18.0 Å². The summed E-state index contributed by atoms with van der Waals surface area (Å²) in [5, 5.41) is 5.96. The van der Waals surface area contributed by atoms with Crippen molar-refractivity contribution in [2.24, 2.45) is 0 Å². The van der Waals surface area contributed by atoms with Gasteiger partial charge in [-0.25, -0.2) is 0 Å². The molecular weight excluding hydrogens is 276 g/mol. The highest BCUT2D eigenvalue weighted by Crippen LogP contribution is 2.34. The van der Waals surface area contributed by atoms with Crippen LogP contribution in [0, 0.1) is 0 Å². The van der Waals surface area contributed by atoms with Gasteiger partial charge in [0.1, 0.15) is 5.76 Å². The van der Waals surface area contributed by atoms with E-state index in [1.54, 1.807) is 6.07 Å². The quantitative estimate of drug-likeness (QED) is 0.893. The molecule has 118 valence electrons. The van der Waals surface area contributed by atoms with E-state index in [9.17, 15) is 4.79 Å².